The lowest BCUT2D eigenvalue weighted by Crippen LogP contribution is -2.38. The molecule has 3 aliphatic rings. The summed E-state index contributed by atoms with van der Waals surface area (Å²) in [7, 11) is 0. The zero-order valence-electron chi connectivity index (χ0n) is 12.1. The Labute approximate surface area is 122 Å². The normalized spacial score (nSPS) is 28.1. The molecule has 0 aromatic heterocycles. The van der Waals surface area contributed by atoms with Crippen molar-refractivity contribution in [1.29, 1.82) is 0 Å². The van der Waals surface area contributed by atoms with E-state index in [1.165, 1.54) is 81.7 Å². The Hall–Kier alpha value is -0.180. The Kier molecular flexibility index (Phi) is 4.73. The topological polar surface area (TPSA) is 24.4 Å². The van der Waals surface area contributed by atoms with Gasteiger partial charge < -0.3 is 5.32 Å². The summed E-state index contributed by atoms with van der Waals surface area (Å²) in [6.07, 6.45) is 14.3. The van der Waals surface area contributed by atoms with Crippen molar-refractivity contribution in [3.8, 4) is 0 Å². The number of nitrogens with zero attached hydrogens (tertiary/aromatic N) is 1. The van der Waals surface area contributed by atoms with Crippen LogP contribution in [0.15, 0.2) is 4.99 Å². The molecule has 0 saturated heterocycles. The van der Waals surface area contributed by atoms with Gasteiger partial charge >= 0.3 is 0 Å². The highest BCUT2D eigenvalue weighted by molar-refractivity contribution is 8.13. The van der Waals surface area contributed by atoms with Gasteiger partial charge in [0.05, 0.1) is 0 Å². The third-order valence-corrected chi connectivity index (χ3v) is 6.56. The molecule has 1 aliphatic heterocycles. The van der Waals surface area contributed by atoms with E-state index in [0.29, 0.717) is 5.41 Å². The minimum atomic E-state index is 0.568. The monoisotopic (exact) mass is 280 g/mol. The third-order valence-electron chi connectivity index (χ3n) is 5.25. The first-order chi connectivity index (χ1) is 9.36. The number of hydrogen-bond acceptors (Lipinski definition) is 3. The zero-order chi connectivity index (χ0) is 13.0. The quantitative estimate of drug-likeness (QED) is 0.819. The van der Waals surface area contributed by atoms with E-state index in [1.54, 1.807) is 0 Å². The fourth-order valence-electron chi connectivity index (χ4n) is 3.89. The van der Waals surface area contributed by atoms with Crippen LogP contribution >= 0.6 is 11.8 Å². The minimum Gasteiger partial charge on any atom is -0.365 e. The van der Waals surface area contributed by atoms with Crippen LogP contribution in [0, 0.1) is 11.3 Å². The van der Waals surface area contributed by atoms with Crippen LogP contribution in [0.25, 0.3) is 0 Å². The maximum absolute atomic E-state index is 4.86. The molecule has 0 amide bonds. The molecule has 2 fully saturated rings. The summed E-state index contributed by atoms with van der Waals surface area (Å²) in [5, 5.41) is 4.86. The Bertz CT molecular complexity index is 315. The second-order valence-corrected chi connectivity index (χ2v) is 7.82. The highest BCUT2D eigenvalue weighted by Gasteiger charge is 2.34. The zero-order valence-corrected chi connectivity index (χ0v) is 12.9. The lowest BCUT2D eigenvalue weighted by molar-refractivity contribution is 0.232. The smallest absolute Gasteiger partial charge is 0.156 e. The van der Waals surface area contributed by atoms with Gasteiger partial charge in [-0.1, -0.05) is 50.3 Å². The van der Waals surface area contributed by atoms with Crippen molar-refractivity contribution in [2.75, 3.05) is 18.8 Å². The summed E-state index contributed by atoms with van der Waals surface area (Å²) in [5.41, 5.74) is 0.568. The van der Waals surface area contributed by atoms with E-state index in [9.17, 15) is 0 Å². The highest BCUT2D eigenvalue weighted by atomic mass is 32.2. The van der Waals surface area contributed by atoms with Crippen LogP contribution in [0.3, 0.4) is 0 Å². The fourth-order valence-corrected chi connectivity index (χ4v) is 5.05. The number of nitrogens with one attached hydrogen (secondary N) is 1. The maximum Gasteiger partial charge on any atom is 0.156 e. The fraction of sp³-hybridized carbons (Fsp3) is 0.938. The second-order valence-electron chi connectivity index (χ2n) is 6.86. The van der Waals surface area contributed by atoms with Crippen LogP contribution in [0.5, 0.6) is 0 Å². The van der Waals surface area contributed by atoms with E-state index in [1.807, 2.05) is 11.8 Å². The van der Waals surface area contributed by atoms with Gasteiger partial charge in [-0.3, -0.25) is 4.99 Å². The predicted octanol–water partition coefficient (Wildman–Crippen LogP) is 4.21. The molecule has 2 aliphatic carbocycles. The largest absolute Gasteiger partial charge is 0.365 e. The van der Waals surface area contributed by atoms with Crippen molar-refractivity contribution in [2.45, 2.75) is 64.2 Å². The van der Waals surface area contributed by atoms with E-state index >= 15 is 0 Å². The molecule has 3 rings (SSSR count). The van der Waals surface area contributed by atoms with Crippen molar-refractivity contribution in [3.63, 3.8) is 0 Å². The SMILES string of the molecule is C1CCC(CNC2=NCC3(CCCCC3)CS2)CC1. The van der Waals surface area contributed by atoms with Gasteiger partial charge in [-0.25, -0.2) is 0 Å². The lowest BCUT2D eigenvalue weighted by atomic mass is 9.75. The van der Waals surface area contributed by atoms with Gasteiger partial charge in [0.25, 0.3) is 0 Å². The maximum atomic E-state index is 4.86. The van der Waals surface area contributed by atoms with Gasteiger partial charge in [0.15, 0.2) is 5.17 Å². The Morgan fingerprint density at radius 3 is 2.47 bits per heavy atom. The van der Waals surface area contributed by atoms with Crippen molar-refractivity contribution in [3.05, 3.63) is 0 Å². The van der Waals surface area contributed by atoms with E-state index in [4.69, 9.17) is 4.99 Å². The molecule has 3 heteroatoms. The molecule has 0 atom stereocenters. The van der Waals surface area contributed by atoms with Crippen LogP contribution < -0.4 is 5.32 Å². The summed E-state index contributed by atoms with van der Waals surface area (Å²) < 4.78 is 0. The number of amidine groups is 1. The molecule has 0 radical (unpaired) electrons. The molecule has 2 saturated carbocycles. The van der Waals surface area contributed by atoms with E-state index in [0.717, 1.165) is 12.5 Å². The molecule has 0 bridgehead atoms. The first-order valence-corrected chi connectivity index (χ1v) is 9.26. The summed E-state index contributed by atoms with van der Waals surface area (Å²) >= 11 is 2.00. The van der Waals surface area contributed by atoms with Gasteiger partial charge in [0.1, 0.15) is 0 Å². The van der Waals surface area contributed by atoms with Gasteiger partial charge in [-0.05, 0) is 37.0 Å². The summed E-state index contributed by atoms with van der Waals surface area (Å²) in [6, 6.07) is 0. The molecule has 0 aromatic carbocycles. The van der Waals surface area contributed by atoms with Crippen LogP contribution in [-0.4, -0.2) is 24.0 Å². The molecule has 108 valence electrons. The number of thioether (sulfide) groups is 1. The molecule has 1 N–H and O–H groups in total. The standard InChI is InChI=1S/C16H28N2S/c1-3-7-14(8-4-1)11-17-15-18-12-16(13-19-15)9-5-2-6-10-16/h14H,1-13H2,(H,17,18). The Morgan fingerprint density at radius 1 is 1.05 bits per heavy atom. The lowest BCUT2D eigenvalue weighted by Gasteiger charge is -2.38. The molecule has 2 nitrogen and oxygen atoms in total. The molecule has 1 spiro atoms. The number of aliphatic imine (C=N–C) groups is 1. The van der Waals surface area contributed by atoms with Crippen molar-refractivity contribution < 1.29 is 0 Å². The van der Waals surface area contributed by atoms with E-state index in [-0.39, 0.29) is 0 Å². The van der Waals surface area contributed by atoms with Crippen LogP contribution in [-0.2, 0) is 0 Å². The molecular weight excluding hydrogens is 252 g/mol. The predicted molar refractivity (Wildman–Crippen MR) is 84.9 cm³/mol. The van der Waals surface area contributed by atoms with Crippen LogP contribution in [0.4, 0.5) is 0 Å². The number of rotatable bonds is 2. The molecule has 1 heterocycles. The first kappa shape index (κ1) is 13.8. The first-order valence-electron chi connectivity index (χ1n) is 8.28. The molecule has 0 aromatic rings. The van der Waals surface area contributed by atoms with E-state index in [2.05, 4.69) is 5.32 Å². The summed E-state index contributed by atoms with van der Waals surface area (Å²) in [5.74, 6) is 2.21. The molecular formula is C16H28N2S. The van der Waals surface area contributed by atoms with Crippen LogP contribution in [0.2, 0.25) is 0 Å². The van der Waals surface area contributed by atoms with E-state index < -0.39 is 0 Å². The molecule has 0 unspecified atom stereocenters. The third kappa shape index (κ3) is 3.68. The average molecular weight is 280 g/mol. The number of hydrogen-bond donors (Lipinski definition) is 1. The minimum absolute atomic E-state index is 0.568. The highest BCUT2D eigenvalue weighted by Crippen LogP contribution is 2.41. The van der Waals surface area contributed by atoms with Crippen molar-refractivity contribution >= 4 is 16.9 Å². The molecule has 19 heavy (non-hydrogen) atoms. The summed E-state index contributed by atoms with van der Waals surface area (Å²) in [4.78, 5) is 4.86. The average Bonchev–Trinajstić information content (AvgIpc) is 2.49. The van der Waals surface area contributed by atoms with Crippen molar-refractivity contribution in [1.82, 2.24) is 5.32 Å². The van der Waals surface area contributed by atoms with Gasteiger partial charge in [-0.2, -0.15) is 0 Å². The van der Waals surface area contributed by atoms with Gasteiger partial charge in [-0.15, -0.1) is 0 Å². The second kappa shape index (κ2) is 6.51. The van der Waals surface area contributed by atoms with Crippen LogP contribution in [0.1, 0.15) is 64.2 Å². The Balaban J connectivity index is 1.45. The van der Waals surface area contributed by atoms with Gasteiger partial charge in [0, 0.05) is 18.8 Å². The Morgan fingerprint density at radius 2 is 1.79 bits per heavy atom. The van der Waals surface area contributed by atoms with Gasteiger partial charge in [0.2, 0.25) is 0 Å². The van der Waals surface area contributed by atoms with Crippen molar-refractivity contribution in [2.24, 2.45) is 16.3 Å². The summed E-state index contributed by atoms with van der Waals surface area (Å²) in [6.45, 7) is 2.26.